The number of hydrogen-bond acceptors (Lipinski definition) is 2. The quantitative estimate of drug-likeness (QED) is 0.834. The third-order valence-electron chi connectivity index (χ3n) is 2.50. The fraction of sp³-hybridized carbons (Fsp3) is 0.500. The molecule has 7 heteroatoms. The lowest BCUT2D eigenvalue weighted by Crippen LogP contribution is -2.36. The van der Waals surface area contributed by atoms with Crippen LogP contribution in [0, 0.1) is 11.6 Å². The van der Waals surface area contributed by atoms with E-state index >= 15 is 0 Å². The fourth-order valence-electron chi connectivity index (χ4n) is 1.62. The third-order valence-corrected chi connectivity index (χ3v) is 2.50. The van der Waals surface area contributed by atoms with Gasteiger partial charge >= 0.3 is 6.18 Å². The van der Waals surface area contributed by atoms with Gasteiger partial charge in [-0.1, -0.05) is 6.92 Å². The first-order chi connectivity index (χ1) is 8.81. The lowest BCUT2D eigenvalue weighted by atomic mass is 10.0. The van der Waals surface area contributed by atoms with Crippen LogP contribution in [0.3, 0.4) is 0 Å². The smallest absolute Gasteiger partial charge is 0.408 e. The Morgan fingerprint density at radius 1 is 1.21 bits per heavy atom. The highest BCUT2D eigenvalue weighted by Gasteiger charge is 2.43. The van der Waals surface area contributed by atoms with Crippen LogP contribution >= 0.6 is 0 Å². The van der Waals surface area contributed by atoms with Crippen LogP contribution in [0.5, 0.6) is 5.75 Å². The predicted molar refractivity (Wildman–Crippen MR) is 60.0 cm³/mol. The number of hydrogen-bond donors (Lipinski definition) is 1. The van der Waals surface area contributed by atoms with E-state index in [1.165, 1.54) is 7.11 Å². The van der Waals surface area contributed by atoms with Gasteiger partial charge in [-0.15, -0.1) is 0 Å². The Morgan fingerprint density at radius 3 is 2.11 bits per heavy atom. The standard InChI is InChI=1S/C12H14F5NO/c1-3-4-18-11(12(15,16)17)10-8(13)5-7(19-2)6-9(10)14/h5-6,11,18H,3-4H2,1-2H3. The van der Waals surface area contributed by atoms with Gasteiger partial charge in [-0.2, -0.15) is 13.2 Å². The van der Waals surface area contributed by atoms with Crippen molar-refractivity contribution in [3.8, 4) is 5.75 Å². The molecular weight excluding hydrogens is 269 g/mol. The molecule has 0 fully saturated rings. The van der Waals surface area contributed by atoms with E-state index < -0.39 is 29.4 Å². The summed E-state index contributed by atoms with van der Waals surface area (Å²) >= 11 is 0. The molecule has 1 rings (SSSR count). The number of ether oxygens (including phenoxy) is 1. The number of alkyl halides is 3. The molecule has 108 valence electrons. The summed E-state index contributed by atoms with van der Waals surface area (Å²) in [5.74, 6) is -2.75. The molecule has 0 saturated carbocycles. The highest BCUT2D eigenvalue weighted by Crippen LogP contribution is 2.36. The van der Waals surface area contributed by atoms with Crippen molar-refractivity contribution in [2.24, 2.45) is 0 Å². The third kappa shape index (κ3) is 3.79. The average molecular weight is 283 g/mol. The Balaban J connectivity index is 3.22. The Kier molecular flexibility index (Phi) is 5.11. The number of rotatable bonds is 5. The van der Waals surface area contributed by atoms with Crippen LogP contribution in [0.15, 0.2) is 12.1 Å². The maximum Gasteiger partial charge on any atom is 0.408 e. The molecule has 1 aromatic rings. The van der Waals surface area contributed by atoms with Gasteiger partial charge in [0.25, 0.3) is 0 Å². The van der Waals surface area contributed by atoms with Gasteiger partial charge in [0.05, 0.1) is 7.11 Å². The van der Waals surface area contributed by atoms with Crippen molar-refractivity contribution in [2.75, 3.05) is 13.7 Å². The maximum atomic E-state index is 13.6. The van der Waals surface area contributed by atoms with Gasteiger partial charge in [-0.25, -0.2) is 8.78 Å². The van der Waals surface area contributed by atoms with Crippen molar-refractivity contribution in [2.45, 2.75) is 25.6 Å². The van der Waals surface area contributed by atoms with Crippen LogP contribution in [0.2, 0.25) is 0 Å². The van der Waals surface area contributed by atoms with E-state index in [2.05, 4.69) is 10.1 Å². The molecule has 0 aliphatic heterocycles. The maximum absolute atomic E-state index is 13.6. The molecule has 0 radical (unpaired) electrons. The van der Waals surface area contributed by atoms with Gasteiger partial charge in [0, 0.05) is 17.7 Å². The topological polar surface area (TPSA) is 21.3 Å². The summed E-state index contributed by atoms with van der Waals surface area (Å²) in [7, 11) is 1.17. The lowest BCUT2D eigenvalue weighted by molar-refractivity contribution is -0.158. The summed E-state index contributed by atoms with van der Waals surface area (Å²) in [6.07, 6.45) is -4.38. The molecule has 0 aromatic heterocycles. The van der Waals surface area contributed by atoms with E-state index in [4.69, 9.17) is 0 Å². The molecule has 1 atom stereocenters. The predicted octanol–water partition coefficient (Wildman–Crippen LogP) is 3.58. The second-order valence-corrected chi connectivity index (χ2v) is 3.93. The monoisotopic (exact) mass is 283 g/mol. The summed E-state index contributed by atoms with van der Waals surface area (Å²) in [5, 5.41) is 2.10. The van der Waals surface area contributed by atoms with Crippen molar-refractivity contribution in [1.82, 2.24) is 5.32 Å². The Labute approximate surface area is 107 Å². The molecule has 0 aliphatic rings. The zero-order valence-corrected chi connectivity index (χ0v) is 10.4. The lowest BCUT2D eigenvalue weighted by Gasteiger charge is -2.23. The summed E-state index contributed by atoms with van der Waals surface area (Å²) < 4.78 is 70.4. The second kappa shape index (κ2) is 6.18. The highest BCUT2D eigenvalue weighted by molar-refractivity contribution is 5.33. The molecule has 19 heavy (non-hydrogen) atoms. The van der Waals surface area contributed by atoms with Gasteiger partial charge in [0.1, 0.15) is 23.4 Å². The van der Waals surface area contributed by atoms with Crippen LogP contribution < -0.4 is 10.1 Å². The summed E-state index contributed by atoms with van der Waals surface area (Å²) in [5.41, 5.74) is -1.04. The van der Waals surface area contributed by atoms with Crippen LogP contribution in [-0.4, -0.2) is 19.8 Å². The molecule has 1 aromatic carbocycles. The molecule has 0 aliphatic carbocycles. The van der Waals surface area contributed by atoms with Crippen molar-refractivity contribution < 1.29 is 26.7 Å². The first kappa shape index (κ1) is 15.7. The minimum Gasteiger partial charge on any atom is -0.497 e. The summed E-state index contributed by atoms with van der Waals surface area (Å²) in [6.45, 7) is 1.65. The van der Waals surface area contributed by atoms with Crippen LogP contribution in [-0.2, 0) is 0 Å². The summed E-state index contributed by atoms with van der Waals surface area (Å²) in [6, 6.07) is -0.923. The van der Waals surface area contributed by atoms with Crippen molar-refractivity contribution in [1.29, 1.82) is 0 Å². The Bertz CT molecular complexity index is 410. The first-order valence-corrected chi connectivity index (χ1v) is 5.64. The van der Waals surface area contributed by atoms with Crippen LogP contribution in [0.25, 0.3) is 0 Å². The van der Waals surface area contributed by atoms with E-state index in [1.807, 2.05) is 0 Å². The van der Waals surface area contributed by atoms with Crippen molar-refractivity contribution in [3.63, 3.8) is 0 Å². The Morgan fingerprint density at radius 2 is 1.74 bits per heavy atom. The van der Waals surface area contributed by atoms with Gasteiger partial charge in [-0.05, 0) is 13.0 Å². The van der Waals surface area contributed by atoms with Gasteiger partial charge in [0.2, 0.25) is 0 Å². The first-order valence-electron chi connectivity index (χ1n) is 5.64. The van der Waals surface area contributed by atoms with E-state index in [-0.39, 0.29) is 12.3 Å². The van der Waals surface area contributed by atoms with E-state index in [9.17, 15) is 22.0 Å². The number of nitrogens with one attached hydrogen (secondary N) is 1. The van der Waals surface area contributed by atoms with Crippen LogP contribution in [0.4, 0.5) is 22.0 Å². The minimum absolute atomic E-state index is 0.00488. The van der Waals surface area contributed by atoms with Gasteiger partial charge in [0.15, 0.2) is 0 Å². The zero-order valence-electron chi connectivity index (χ0n) is 10.4. The van der Waals surface area contributed by atoms with Crippen LogP contribution in [0.1, 0.15) is 24.9 Å². The van der Waals surface area contributed by atoms with E-state index in [0.717, 1.165) is 12.1 Å². The number of methoxy groups -OCH3 is 1. The van der Waals surface area contributed by atoms with Gasteiger partial charge < -0.3 is 10.1 Å². The molecule has 1 N–H and O–H groups in total. The largest absolute Gasteiger partial charge is 0.497 e. The number of halogens is 5. The normalized spacial score (nSPS) is 13.4. The molecule has 0 saturated heterocycles. The minimum atomic E-state index is -4.79. The van der Waals surface area contributed by atoms with E-state index in [1.54, 1.807) is 6.92 Å². The second-order valence-electron chi connectivity index (χ2n) is 3.93. The number of benzene rings is 1. The molecule has 0 amide bonds. The van der Waals surface area contributed by atoms with E-state index in [0.29, 0.717) is 6.42 Å². The Hall–Kier alpha value is -1.37. The molecule has 2 nitrogen and oxygen atoms in total. The van der Waals surface area contributed by atoms with Crippen molar-refractivity contribution in [3.05, 3.63) is 29.3 Å². The molecule has 0 heterocycles. The average Bonchev–Trinajstić information content (AvgIpc) is 2.30. The highest BCUT2D eigenvalue weighted by atomic mass is 19.4. The molecule has 0 spiro atoms. The molecule has 0 bridgehead atoms. The van der Waals surface area contributed by atoms with Crippen molar-refractivity contribution >= 4 is 0 Å². The molecular formula is C12H14F5NO. The fourth-order valence-corrected chi connectivity index (χ4v) is 1.62. The summed E-state index contributed by atoms with van der Waals surface area (Å²) in [4.78, 5) is 0. The molecule has 1 unspecified atom stereocenters. The zero-order chi connectivity index (χ0) is 14.6. The van der Waals surface area contributed by atoms with Gasteiger partial charge in [-0.3, -0.25) is 0 Å². The SMILES string of the molecule is CCCNC(c1c(F)cc(OC)cc1F)C(F)(F)F.